The van der Waals surface area contributed by atoms with E-state index in [4.69, 9.17) is 11.6 Å². The number of hydrogen-bond donors (Lipinski definition) is 1. The van der Waals surface area contributed by atoms with Gasteiger partial charge in [0.1, 0.15) is 5.82 Å². The third-order valence-corrected chi connectivity index (χ3v) is 6.29. The van der Waals surface area contributed by atoms with Gasteiger partial charge in [0, 0.05) is 11.4 Å². The van der Waals surface area contributed by atoms with Gasteiger partial charge in [-0.1, -0.05) is 47.1 Å². The second-order valence-corrected chi connectivity index (χ2v) is 8.72. The Bertz CT molecular complexity index is 1180. The van der Waals surface area contributed by atoms with Crippen LogP contribution in [0.1, 0.15) is 5.56 Å². The molecule has 0 saturated heterocycles. The second kappa shape index (κ2) is 8.99. The highest BCUT2D eigenvalue weighted by Crippen LogP contribution is 2.30. The number of rotatable bonds is 6. The molecule has 0 saturated carbocycles. The van der Waals surface area contributed by atoms with Crippen molar-refractivity contribution in [1.29, 1.82) is 0 Å². The number of nitrogens with zero attached hydrogens (tertiary/aromatic N) is 3. The zero-order valence-corrected chi connectivity index (χ0v) is 18.2. The zero-order chi connectivity index (χ0) is 21.1. The van der Waals surface area contributed by atoms with E-state index in [0.29, 0.717) is 10.8 Å². The number of aromatic nitrogens is 3. The number of halogens is 2. The molecule has 30 heavy (non-hydrogen) atoms. The van der Waals surface area contributed by atoms with E-state index in [2.05, 4.69) is 15.5 Å². The second-order valence-electron chi connectivity index (χ2n) is 6.42. The van der Waals surface area contributed by atoms with Gasteiger partial charge in [-0.3, -0.25) is 9.36 Å². The molecule has 0 fully saturated rings. The van der Waals surface area contributed by atoms with Gasteiger partial charge >= 0.3 is 0 Å². The summed E-state index contributed by atoms with van der Waals surface area (Å²) in [5, 5.41) is 13.9. The van der Waals surface area contributed by atoms with Crippen molar-refractivity contribution in [2.75, 3.05) is 11.1 Å². The van der Waals surface area contributed by atoms with Crippen molar-refractivity contribution >= 4 is 46.3 Å². The molecule has 5 nitrogen and oxygen atoms in total. The van der Waals surface area contributed by atoms with Crippen LogP contribution in [-0.2, 0) is 4.79 Å². The zero-order valence-electron chi connectivity index (χ0n) is 15.8. The van der Waals surface area contributed by atoms with Crippen LogP contribution < -0.4 is 5.32 Å². The van der Waals surface area contributed by atoms with Crippen molar-refractivity contribution in [3.05, 3.63) is 76.4 Å². The average Bonchev–Trinajstić information content (AvgIpc) is 3.39. The van der Waals surface area contributed by atoms with Crippen LogP contribution in [0.25, 0.3) is 16.4 Å². The van der Waals surface area contributed by atoms with Crippen molar-refractivity contribution in [3.63, 3.8) is 0 Å². The summed E-state index contributed by atoms with van der Waals surface area (Å²) in [6.07, 6.45) is 0. The molecular formula is C21H16ClFN4OS2. The number of carbonyl (C=O) groups excluding carboxylic acids is 1. The van der Waals surface area contributed by atoms with E-state index in [1.165, 1.54) is 30.0 Å². The Morgan fingerprint density at radius 1 is 1.20 bits per heavy atom. The minimum Gasteiger partial charge on any atom is -0.325 e. The number of thioether (sulfide) groups is 1. The van der Waals surface area contributed by atoms with Crippen molar-refractivity contribution in [2.24, 2.45) is 0 Å². The fraction of sp³-hybridized carbons (Fsp3) is 0.0952. The highest BCUT2D eigenvalue weighted by molar-refractivity contribution is 7.99. The molecule has 4 rings (SSSR count). The van der Waals surface area contributed by atoms with Crippen LogP contribution >= 0.6 is 34.7 Å². The maximum atomic E-state index is 13.3. The van der Waals surface area contributed by atoms with Gasteiger partial charge in [-0.2, -0.15) is 0 Å². The van der Waals surface area contributed by atoms with Gasteiger partial charge in [0.15, 0.2) is 11.0 Å². The number of nitrogens with one attached hydrogen (secondary N) is 1. The summed E-state index contributed by atoms with van der Waals surface area (Å²) in [6, 6.07) is 16.0. The lowest BCUT2D eigenvalue weighted by atomic mass is 10.2. The monoisotopic (exact) mass is 458 g/mol. The van der Waals surface area contributed by atoms with Gasteiger partial charge in [-0.25, -0.2) is 4.39 Å². The van der Waals surface area contributed by atoms with E-state index in [9.17, 15) is 9.18 Å². The maximum absolute atomic E-state index is 13.3. The van der Waals surface area contributed by atoms with Crippen LogP contribution in [0.4, 0.5) is 10.1 Å². The molecule has 9 heteroatoms. The van der Waals surface area contributed by atoms with Gasteiger partial charge in [0.2, 0.25) is 5.91 Å². The Labute approximate surface area is 185 Å². The highest BCUT2D eigenvalue weighted by atomic mass is 35.5. The lowest BCUT2D eigenvalue weighted by molar-refractivity contribution is -0.113. The molecule has 4 aromatic rings. The van der Waals surface area contributed by atoms with E-state index in [0.717, 1.165) is 22.0 Å². The quantitative estimate of drug-likeness (QED) is 0.369. The van der Waals surface area contributed by atoms with Crippen molar-refractivity contribution in [3.8, 4) is 16.4 Å². The summed E-state index contributed by atoms with van der Waals surface area (Å²) >= 11 is 8.62. The summed E-state index contributed by atoms with van der Waals surface area (Å²) in [5.41, 5.74) is 2.50. The molecule has 0 aliphatic carbocycles. The van der Waals surface area contributed by atoms with Crippen LogP contribution in [0, 0.1) is 12.7 Å². The van der Waals surface area contributed by atoms with E-state index >= 15 is 0 Å². The molecule has 2 aromatic carbocycles. The van der Waals surface area contributed by atoms with Gasteiger partial charge in [-0.15, -0.1) is 21.5 Å². The number of benzene rings is 2. The van der Waals surface area contributed by atoms with Gasteiger partial charge in [0.05, 0.1) is 15.7 Å². The Kier molecular flexibility index (Phi) is 6.17. The normalized spacial score (nSPS) is 10.9. The average molecular weight is 459 g/mol. The minimum absolute atomic E-state index is 0.0415. The van der Waals surface area contributed by atoms with Crippen LogP contribution in [0.2, 0.25) is 5.02 Å². The predicted octanol–water partition coefficient (Wildman–Crippen LogP) is 5.83. The number of thiophene rings is 1. The Morgan fingerprint density at radius 2 is 2.00 bits per heavy atom. The molecule has 0 aliphatic heterocycles. The summed E-state index contributed by atoms with van der Waals surface area (Å²) in [7, 11) is 0. The lowest BCUT2D eigenvalue weighted by Crippen LogP contribution is -2.14. The Hall–Kier alpha value is -2.68. The summed E-state index contributed by atoms with van der Waals surface area (Å²) < 4.78 is 15.2. The molecule has 2 aromatic heterocycles. The van der Waals surface area contributed by atoms with Gasteiger partial charge in [0.25, 0.3) is 0 Å². The third kappa shape index (κ3) is 4.56. The van der Waals surface area contributed by atoms with Crippen molar-refractivity contribution < 1.29 is 9.18 Å². The molecule has 1 amide bonds. The first-order valence-corrected chi connectivity index (χ1v) is 11.2. The molecule has 0 bridgehead atoms. The number of aryl methyl sites for hydroxylation is 1. The number of carbonyl (C=O) groups is 1. The van der Waals surface area contributed by atoms with Crippen molar-refractivity contribution in [1.82, 2.24) is 14.8 Å². The molecular weight excluding hydrogens is 443 g/mol. The molecule has 0 atom stereocenters. The predicted molar refractivity (Wildman–Crippen MR) is 120 cm³/mol. The molecule has 152 valence electrons. The maximum Gasteiger partial charge on any atom is 0.234 e. The molecule has 0 spiro atoms. The summed E-state index contributed by atoms with van der Waals surface area (Å²) in [6.45, 7) is 2.03. The summed E-state index contributed by atoms with van der Waals surface area (Å²) in [5.74, 6) is 0.0564. The third-order valence-electron chi connectivity index (χ3n) is 4.20. The largest absolute Gasteiger partial charge is 0.325 e. The molecule has 2 heterocycles. The van der Waals surface area contributed by atoms with E-state index in [1.54, 1.807) is 11.3 Å². The minimum atomic E-state index is -0.531. The van der Waals surface area contributed by atoms with Crippen molar-refractivity contribution in [2.45, 2.75) is 12.1 Å². The molecule has 0 aliphatic rings. The summed E-state index contributed by atoms with van der Waals surface area (Å²) in [4.78, 5) is 13.4. The first kappa shape index (κ1) is 20.6. The lowest BCUT2D eigenvalue weighted by Gasteiger charge is -2.10. The Morgan fingerprint density at radius 3 is 2.70 bits per heavy atom. The molecule has 1 N–H and O–H groups in total. The SMILES string of the molecule is Cc1ccc(-n2c(SCC(=O)Nc3ccc(F)c(Cl)c3)nnc2-c2cccs2)cc1. The van der Waals surface area contributed by atoms with Crippen LogP contribution in [-0.4, -0.2) is 26.4 Å². The van der Waals surface area contributed by atoms with Gasteiger partial charge < -0.3 is 5.32 Å². The van der Waals surface area contributed by atoms with E-state index < -0.39 is 5.82 Å². The van der Waals surface area contributed by atoms with Crippen LogP contribution in [0.15, 0.2) is 65.1 Å². The smallest absolute Gasteiger partial charge is 0.234 e. The number of anilines is 1. The Balaban J connectivity index is 1.55. The fourth-order valence-corrected chi connectivity index (χ4v) is 4.39. The molecule has 0 radical (unpaired) electrons. The fourth-order valence-electron chi connectivity index (χ4n) is 2.76. The van der Waals surface area contributed by atoms with Gasteiger partial charge in [-0.05, 0) is 48.7 Å². The number of hydrogen-bond acceptors (Lipinski definition) is 5. The van der Waals surface area contributed by atoms with E-state index in [1.807, 2.05) is 53.3 Å². The van der Waals surface area contributed by atoms with Crippen LogP contribution in [0.5, 0.6) is 0 Å². The first-order valence-electron chi connectivity index (χ1n) is 8.95. The van der Waals surface area contributed by atoms with Crippen LogP contribution in [0.3, 0.4) is 0 Å². The molecule has 0 unspecified atom stereocenters. The first-order chi connectivity index (χ1) is 14.5. The van der Waals surface area contributed by atoms with E-state index in [-0.39, 0.29) is 16.7 Å². The standard InChI is InChI=1S/C21H16ClFN4OS2/c1-13-4-7-15(8-5-13)27-20(18-3-2-10-29-18)25-26-21(27)30-12-19(28)24-14-6-9-17(23)16(22)11-14/h2-11H,12H2,1H3,(H,24,28). The highest BCUT2D eigenvalue weighted by Gasteiger charge is 2.18. The number of amides is 1. The topological polar surface area (TPSA) is 59.8 Å².